The molecule has 1 aliphatic rings. The highest BCUT2D eigenvalue weighted by atomic mass is 16.5. The predicted molar refractivity (Wildman–Crippen MR) is 98.3 cm³/mol. The van der Waals surface area contributed by atoms with Crippen LogP contribution >= 0.6 is 0 Å². The zero-order chi connectivity index (χ0) is 18.4. The molecule has 27 heavy (non-hydrogen) atoms. The lowest BCUT2D eigenvalue weighted by Crippen LogP contribution is -2.24. The largest absolute Gasteiger partial charge is 0.453 e. The first-order valence-electron chi connectivity index (χ1n) is 8.35. The Kier molecular flexibility index (Phi) is 3.33. The van der Waals surface area contributed by atoms with Crippen LogP contribution in [0.15, 0.2) is 81.1 Å². The van der Waals surface area contributed by atoms with Gasteiger partial charge in [-0.2, -0.15) is 0 Å². The molecule has 0 atom stereocenters. The first-order chi connectivity index (χ1) is 13.2. The number of hydrogen-bond acceptors (Lipinski definition) is 5. The Labute approximate surface area is 153 Å². The molecule has 0 radical (unpaired) electrons. The van der Waals surface area contributed by atoms with E-state index >= 15 is 0 Å². The summed E-state index contributed by atoms with van der Waals surface area (Å²) in [5, 5.41) is 0. The van der Waals surface area contributed by atoms with E-state index in [1.54, 1.807) is 36.4 Å². The van der Waals surface area contributed by atoms with Gasteiger partial charge >= 0.3 is 5.97 Å². The van der Waals surface area contributed by atoms with E-state index in [9.17, 15) is 9.59 Å². The summed E-state index contributed by atoms with van der Waals surface area (Å²) in [5.74, 6) is 0.218. The maximum atomic E-state index is 12.6. The third-order valence-corrected chi connectivity index (χ3v) is 4.37. The van der Waals surface area contributed by atoms with Gasteiger partial charge in [0.25, 0.3) is 0 Å². The van der Waals surface area contributed by atoms with Crippen molar-refractivity contribution in [2.24, 2.45) is 0 Å². The van der Waals surface area contributed by atoms with Gasteiger partial charge in [-0.1, -0.05) is 42.5 Å². The van der Waals surface area contributed by atoms with Gasteiger partial charge in [-0.05, 0) is 18.2 Å². The molecule has 5 heteroatoms. The number of rotatable bonds is 2. The van der Waals surface area contributed by atoms with Crippen LogP contribution in [-0.4, -0.2) is 11.8 Å². The van der Waals surface area contributed by atoms with Gasteiger partial charge in [0.05, 0.1) is 5.56 Å². The molecule has 0 amide bonds. The summed E-state index contributed by atoms with van der Waals surface area (Å²) in [4.78, 5) is 24.8. The Hall–Kier alpha value is -3.86. The molecule has 0 saturated carbocycles. The number of ketones is 1. The quantitative estimate of drug-likeness (QED) is 0.222. The minimum Gasteiger partial charge on any atom is -0.453 e. The van der Waals surface area contributed by atoms with E-state index in [1.807, 2.05) is 30.3 Å². The molecule has 0 N–H and O–H groups in total. The van der Waals surface area contributed by atoms with Gasteiger partial charge in [-0.15, -0.1) is 0 Å². The highest BCUT2D eigenvalue weighted by Gasteiger charge is 2.30. The van der Waals surface area contributed by atoms with Crippen LogP contribution in [0.2, 0.25) is 0 Å². The lowest BCUT2D eigenvalue weighted by atomic mass is 9.99. The zero-order valence-electron chi connectivity index (χ0n) is 14.0. The molecular formula is C22H12O5. The fourth-order valence-electron chi connectivity index (χ4n) is 3.07. The third-order valence-electron chi connectivity index (χ3n) is 4.37. The second kappa shape index (κ2) is 5.85. The maximum absolute atomic E-state index is 12.6. The van der Waals surface area contributed by atoms with Crippen LogP contribution in [-0.2, 0) is 4.79 Å². The van der Waals surface area contributed by atoms with E-state index in [4.69, 9.17) is 13.6 Å². The Bertz CT molecular complexity index is 1190. The van der Waals surface area contributed by atoms with Crippen LogP contribution in [0.5, 0.6) is 5.75 Å². The summed E-state index contributed by atoms with van der Waals surface area (Å²) >= 11 is 0. The van der Waals surface area contributed by atoms with Crippen LogP contribution in [0.3, 0.4) is 0 Å². The number of esters is 1. The van der Waals surface area contributed by atoms with Crippen LogP contribution in [0, 0.1) is 0 Å². The van der Waals surface area contributed by atoms with E-state index in [0.29, 0.717) is 28.2 Å². The van der Waals surface area contributed by atoms with Crippen molar-refractivity contribution in [1.29, 1.82) is 0 Å². The number of carbonyl (C=O) groups is 2. The fraction of sp³-hybridized carbons (Fsp3) is 0. The van der Waals surface area contributed by atoms with E-state index in [2.05, 4.69) is 0 Å². The van der Waals surface area contributed by atoms with Crippen molar-refractivity contribution >= 4 is 29.0 Å². The molecule has 5 nitrogen and oxygen atoms in total. The number of para-hydroxylation sites is 1. The number of carbonyl (C=O) groups excluding carboxylic acids is 2. The molecule has 0 saturated heterocycles. The lowest BCUT2D eigenvalue weighted by molar-refractivity contribution is -0.130. The number of hydrogen-bond donors (Lipinski definition) is 0. The van der Waals surface area contributed by atoms with Gasteiger partial charge in [-0.3, -0.25) is 4.79 Å². The van der Waals surface area contributed by atoms with Crippen LogP contribution in [0.4, 0.5) is 0 Å². The summed E-state index contributed by atoms with van der Waals surface area (Å²) in [6, 6.07) is 19.7. The molecule has 4 aromatic rings. The standard InChI is InChI=1S/C22H12O5/c23-21-15-8-4-5-9-17(15)27-22(24)16(21)10-14-11-19-20(25-14)12-18(26-19)13-6-2-1-3-7-13/h1-12H/b16-10-. The van der Waals surface area contributed by atoms with Gasteiger partial charge < -0.3 is 13.6 Å². The molecule has 0 bridgehead atoms. The number of ether oxygens (including phenoxy) is 1. The van der Waals surface area contributed by atoms with E-state index in [0.717, 1.165) is 5.56 Å². The molecule has 0 unspecified atom stereocenters. The average molecular weight is 356 g/mol. The van der Waals surface area contributed by atoms with Crippen LogP contribution < -0.4 is 4.74 Å². The Morgan fingerprint density at radius 2 is 1.52 bits per heavy atom. The van der Waals surface area contributed by atoms with E-state index < -0.39 is 5.97 Å². The molecular weight excluding hydrogens is 344 g/mol. The minimum atomic E-state index is -0.698. The summed E-state index contributed by atoms with van der Waals surface area (Å²) in [5.41, 5.74) is 2.29. The number of furan rings is 2. The first-order valence-corrected chi connectivity index (χ1v) is 8.35. The van der Waals surface area contributed by atoms with Gasteiger partial charge in [-0.25, -0.2) is 4.79 Å². The minimum absolute atomic E-state index is 0.0756. The molecule has 0 fully saturated rings. The number of Topliss-reactive ketones (excluding diaryl/α,β-unsaturated/α-hetero) is 1. The Morgan fingerprint density at radius 3 is 2.33 bits per heavy atom. The second-order valence-corrected chi connectivity index (χ2v) is 6.13. The number of benzene rings is 2. The van der Waals surface area contributed by atoms with Crippen molar-refractivity contribution in [1.82, 2.24) is 0 Å². The molecule has 130 valence electrons. The van der Waals surface area contributed by atoms with Crippen molar-refractivity contribution in [3.63, 3.8) is 0 Å². The molecule has 1 aliphatic heterocycles. The molecule has 3 heterocycles. The smallest absolute Gasteiger partial charge is 0.347 e. The van der Waals surface area contributed by atoms with Crippen LogP contribution in [0.25, 0.3) is 28.6 Å². The molecule has 0 spiro atoms. The molecule has 2 aromatic heterocycles. The summed E-state index contributed by atoms with van der Waals surface area (Å²) < 4.78 is 16.8. The molecule has 2 aromatic carbocycles. The normalized spacial score (nSPS) is 15.2. The fourth-order valence-corrected chi connectivity index (χ4v) is 3.07. The highest BCUT2D eigenvalue weighted by molar-refractivity contribution is 6.30. The second-order valence-electron chi connectivity index (χ2n) is 6.13. The van der Waals surface area contributed by atoms with Crippen molar-refractivity contribution in [3.05, 3.63) is 83.6 Å². The molecule has 0 aliphatic carbocycles. The Morgan fingerprint density at radius 1 is 0.778 bits per heavy atom. The third kappa shape index (κ3) is 2.57. The van der Waals surface area contributed by atoms with Crippen molar-refractivity contribution in [3.8, 4) is 17.1 Å². The van der Waals surface area contributed by atoms with Crippen molar-refractivity contribution in [2.75, 3.05) is 0 Å². The van der Waals surface area contributed by atoms with Crippen molar-refractivity contribution in [2.45, 2.75) is 0 Å². The monoisotopic (exact) mass is 356 g/mol. The first kappa shape index (κ1) is 15.4. The lowest BCUT2D eigenvalue weighted by Gasteiger charge is -2.15. The van der Waals surface area contributed by atoms with Gasteiger partial charge in [0.15, 0.2) is 11.2 Å². The van der Waals surface area contributed by atoms with E-state index in [-0.39, 0.29) is 17.1 Å². The summed E-state index contributed by atoms with van der Waals surface area (Å²) in [6.45, 7) is 0. The van der Waals surface area contributed by atoms with E-state index in [1.165, 1.54) is 6.08 Å². The summed E-state index contributed by atoms with van der Waals surface area (Å²) in [6.07, 6.45) is 1.39. The average Bonchev–Trinajstić information content (AvgIpc) is 3.24. The van der Waals surface area contributed by atoms with Gasteiger partial charge in [0.1, 0.15) is 22.8 Å². The topological polar surface area (TPSA) is 69.7 Å². The maximum Gasteiger partial charge on any atom is 0.347 e. The zero-order valence-corrected chi connectivity index (χ0v) is 14.0. The SMILES string of the molecule is O=C1Oc2ccccc2C(=O)/C1=C/c1cc2oc(-c3ccccc3)cc2o1. The van der Waals surface area contributed by atoms with Crippen LogP contribution in [0.1, 0.15) is 16.1 Å². The molecule has 5 rings (SSSR count). The van der Waals surface area contributed by atoms with Crippen molar-refractivity contribution < 1.29 is 23.2 Å². The van der Waals surface area contributed by atoms with Gasteiger partial charge in [0.2, 0.25) is 5.78 Å². The highest BCUT2D eigenvalue weighted by Crippen LogP contribution is 2.32. The number of fused-ring (bicyclic) bond motifs is 2. The summed E-state index contributed by atoms with van der Waals surface area (Å²) in [7, 11) is 0. The predicted octanol–water partition coefficient (Wildman–Crippen LogP) is 4.88. The Balaban J connectivity index is 1.52. The van der Waals surface area contributed by atoms with Gasteiger partial charge in [0, 0.05) is 17.7 Å².